The minimum absolute atomic E-state index is 0.122. The van der Waals surface area contributed by atoms with E-state index < -0.39 is 12.1 Å². The number of piperazine rings is 1. The fourth-order valence-corrected chi connectivity index (χ4v) is 3.70. The molecule has 2 aromatic carbocycles. The van der Waals surface area contributed by atoms with Gasteiger partial charge >= 0.3 is 0 Å². The number of carbonyl (C=O) groups is 2. The Bertz CT molecular complexity index is 909. The van der Waals surface area contributed by atoms with E-state index >= 15 is 0 Å². The van der Waals surface area contributed by atoms with Gasteiger partial charge in [-0.15, -0.1) is 0 Å². The highest BCUT2D eigenvalue weighted by atomic mass is 16.2. The molecule has 2 atom stereocenters. The molecule has 1 saturated heterocycles. The van der Waals surface area contributed by atoms with Crippen molar-refractivity contribution in [3.05, 3.63) is 94.1 Å². The third-order valence-electron chi connectivity index (χ3n) is 5.68. The lowest BCUT2D eigenvalue weighted by atomic mass is 9.97. The highest BCUT2D eigenvalue weighted by Crippen LogP contribution is 2.14. The first-order valence-corrected chi connectivity index (χ1v) is 11.3. The zero-order valence-electron chi connectivity index (χ0n) is 19.6. The van der Waals surface area contributed by atoms with Crippen molar-refractivity contribution >= 4 is 11.8 Å². The zero-order valence-corrected chi connectivity index (χ0v) is 19.6. The first-order valence-electron chi connectivity index (χ1n) is 11.3. The van der Waals surface area contributed by atoms with Gasteiger partial charge in [-0.25, -0.2) is 0 Å². The largest absolute Gasteiger partial charge is 0.342 e. The summed E-state index contributed by atoms with van der Waals surface area (Å²) in [6.07, 6.45) is 7.18. The van der Waals surface area contributed by atoms with Crippen LogP contribution < -0.4 is 10.6 Å². The molecule has 0 radical (unpaired) electrons. The van der Waals surface area contributed by atoms with Crippen LogP contribution in [0, 0.1) is 0 Å². The van der Waals surface area contributed by atoms with E-state index in [1.54, 1.807) is 0 Å². The number of nitrogens with one attached hydrogen (secondary N) is 2. The molecule has 0 aromatic heterocycles. The van der Waals surface area contributed by atoms with Crippen LogP contribution in [0.1, 0.15) is 49.9 Å². The van der Waals surface area contributed by atoms with Gasteiger partial charge in [0, 0.05) is 12.8 Å². The normalized spacial score (nSPS) is 17.9. The Kier molecular flexibility index (Phi) is 8.04. The second-order valence-electron chi connectivity index (χ2n) is 9.13. The number of carbonyl (C=O) groups excluding carboxylic acids is 2. The van der Waals surface area contributed by atoms with Gasteiger partial charge < -0.3 is 10.6 Å². The van der Waals surface area contributed by atoms with Crippen LogP contribution >= 0.6 is 0 Å². The van der Waals surface area contributed by atoms with E-state index in [1.807, 2.05) is 24.3 Å². The minimum Gasteiger partial charge on any atom is -0.342 e. The average molecular weight is 431 g/mol. The van der Waals surface area contributed by atoms with Crippen molar-refractivity contribution < 1.29 is 9.59 Å². The van der Waals surface area contributed by atoms with Crippen molar-refractivity contribution in [2.75, 3.05) is 0 Å². The van der Waals surface area contributed by atoms with Gasteiger partial charge in [-0.3, -0.25) is 9.59 Å². The molecule has 1 aliphatic heterocycles. The molecule has 1 heterocycles. The molecule has 0 spiro atoms. The van der Waals surface area contributed by atoms with Crippen molar-refractivity contribution in [2.24, 2.45) is 0 Å². The first kappa shape index (κ1) is 23.5. The highest BCUT2D eigenvalue weighted by Gasteiger charge is 2.33. The summed E-state index contributed by atoms with van der Waals surface area (Å²) in [6, 6.07) is 15.4. The van der Waals surface area contributed by atoms with Crippen LogP contribution in [0.15, 0.2) is 71.8 Å². The second kappa shape index (κ2) is 10.9. The fraction of sp³-hybridized carbons (Fsp3) is 0.357. The topological polar surface area (TPSA) is 58.2 Å². The van der Waals surface area contributed by atoms with Crippen LogP contribution in [0.2, 0.25) is 0 Å². The maximum atomic E-state index is 12.7. The summed E-state index contributed by atoms with van der Waals surface area (Å²) in [5.74, 6) is -0.244. The van der Waals surface area contributed by atoms with Gasteiger partial charge in [0.1, 0.15) is 12.1 Å². The molecular weight excluding hydrogens is 396 g/mol. The molecule has 2 amide bonds. The highest BCUT2D eigenvalue weighted by molar-refractivity contribution is 5.97. The Morgan fingerprint density at radius 1 is 0.625 bits per heavy atom. The summed E-state index contributed by atoms with van der Waals surface area (Å²) in [5.41, 5.74) is 7.14. The van der Waals surface area contributed by atoms with Crippen molar-refractivity contribution in [3.8, 4) is 0 Å². The van der Waals surface area contributed by atoms with E-state index in [0.29, 0.717) is 12.8 Å². The van der Waals surface area contributed by atoms with Crippen LogP contribution in [-0.4, -0.2) is 23.9 Å². The summed E-state index contributed by atoms with van der Waals surface area (Å²) < 4.78 is 0. The summed E-state index contributed by atoms with van der Waals surface area (Å²) in [4.78, 5) is 25.3. The van der Waals surface area contributed by atoms with Crippen LogP contribution in [0.25, 0.3) is 0 Å². The molecular formula is C28H34N2O2. The molecule has 32 heavy (non-hydrogen) atoms. The fourth-order valence-electron chi connectivity index (χ4n) is 3.70. The molecule has 2 aromatic rings. The number of rotatable bonds is 8. The third kappa shape index (κ3) is 6.94. The number of allylic oxidation sites excluding steroid dienone is 4. The molecule has 2 N–H and O–H groups in total. The Morgan fingerprint density at radius 3 is 1.25 bits per heavy atom. The van der Waals surface area contributed by atoms with Gasteiger partial charge in [-0.05, 0) is 62.8 Å². The van der Waals surface area contributed by atoms with Gasteiger partial charge in [0.25, 0.3) is 0 Å². The summed E-state index contributed by atoms with van der Waals surface area (Å²) in [5, 5.41) is 5.83. The summed E-state index contributed by atoms with van der Waals surface area (Å²) in [7, 11) is 0. The molecule has 3 rings (SSSR count). The number of benzene rings is 2. The van der Waals surface area contributed by atoms with Gasteiger partial charge in [0.15, 0.2) is 0 Å². The lowest BCUT2D eigenvalue weighted by molar-refractivity contribution is -0.136. The Morgan fingerprint density at radius 2 is 0.938 bits per heavy atom. The predicted molar refractivity (Wildman–Crippen MR) is 130 cm³/mol. The van der Waals surface area contributed by atoms with Crippen LogP contribution in [0.4, 0.5) is 0 Å². The molecule has 0 aliphatic carbocycles. The smallest absolute Gasteiger partial charge is 0.243 e. The van der Waals surface area contributed by atoms with Gasteiger partial charge in [-0.1, -0.05) is 71.8 Å². The number of hydrogen-bond acceptors (Lipinski definition) is 2. The van der Waals surface area contributed by atoms with Crippen LogP contribution in [0.5, 0.6) is 0 Å². The van der Waals surface area contributed by atoms with Gasteiger partial charge in [-0.2, -0.15) is 0 Å². The van der Waals surface area contributed by atoms with Crippen LogP contribution in [-0.2, 0) is 35.3 Å². The molecule has 1 fully saturated rings. The van der Waals surface area contributed by atoms with Gasteiger partial charge in [0.05, 0.1) is 0 Å². The lowest BCUT2D eigenvalue weighted by Gasteiger charge is -2.30. The predicted octanol–water partition coefficient (Wildman–Crippen LogP) is 4.47. The SMILES string of the molecule is CC(C)=CCc1ccc(CC2NC(=O)C(Cc3ccc(CC=C(C)C)cc3)NC2=O)cc1. The van der Waals surface area contributed by atoms with Crippen molar-refractivity contribution in [1.29, 1.82) is 0 Å². The van der Waals surface area contributed by atoms with Gasteiger partial charge in [0.2, 0.25) is 11.8 Å². The molecule has 0 bridgehead atoms. The minimum atomic E-state index is -0.533. The van der Waals surface area contributed by atoms with E-state index in [1.165, 1.54) is 22.3 Å². The molecule has 4 heteroatoms. The van der Waals surface area contributed by atoms with Crippen molar-refractivity contribution in [3.63, 3.8) is 0 Å². The molecule has 4 nitrogen and oxygen atoms in total. The maximum Gasteiger partial charge on any atom is 0.243 e. The van der Waals surface area contributed by atoms with E-state index in [0.717, 1.165) is 24.0 Å². The summed E-state index contributed by atoms with van der Waals surface area (Å²) in [6.45, 7) is 8.36. The maximum absolute atomic E-state index is 12.7. The lowest BCUT2D eigenvalue weighted by Crippen LogP contribution is -2.62. The Balaban J connectivity index is 1.55. The molecule has 168 valence electrons. The number of hydrogen-bond donors (Lipinski definition) is 2. The van der Waals surface area contributed by atoms with E-state index in [4.69, 9.17) is 0 Å². The standard InChI is InChI=1S/C28H34N2O2/c1-19(2)5-7-21-9-13-23(14-10-21)17-25-27(31)30-26(28(32)29-25)18-24-15-11-22(12-16-24)8-6-20(3)4/h5-6,9-16,25-26H,7-8,17-18H2,1-4H3,(H,29,32)(H,30,31). The third-order valence-corrected chi connectivity index (χ3v) is 5.68. The Hall–Kier alpha value is -3.14. The number of amides is 2. The quantitative estimate of drug-likeness (QED) is 0.607. The molecule has 0 saturated carbocycles. The Labute approximate surface area is 191 Å². The average Bonchev–Trinajstić information content (AvgIpc) is 2.76. The monoisotopic (exact) mass is 430 g/mol. The summed E-state index contributed by atoms with van der Waals surface area (Å²) >= 11 is 0. The molecule has 2 unspecified atom stereocenters. The van der Waals surface area contributed by atoms with Crippen molar-refractivity contribution in [1.82, 2.24) is 10.6 Å². The second-order valence-corrected chi connectivity index (χ2v) is 9.13. The van der Waals surface area contributed by atoms with E-state index in [-0.39, 0.29) is 11.8 Å². The van der Waals surface area contributed by atoms with E-state index in [2.05, 4.69) is 74.7 Å². The van der Waals surface area contributed by atoms with Crippen LogP contribution in [0.3, 0.4) is 0 Å². The van der Waals surface area contributed by atoms with Crippen molar-refractivity contribution in [2.45, 2.75) is 65.5 Å². The van der Waals surface area contributed by atoms with E-state index in [9.17, 15) is 9.59 Å². The zero-order chi connectivity index (χ0) is 23.1. The molecule has 1 aliphatic rings. The first-order chi connectivity index (χ1) is 15.3.